The van der Waals surface area contributed by atoms with Crippen LogP contribution >= 0.6 is 0 Å². The summed E-state index contributed by atoms with van der Waals surface area (Å²) in [5.41, 5.74) is 2.04. The van der Waals surface area contributed by atoms with Gasteiger partial charge in [-0.15, -0.1) is 0 Å². The van der Waals surface area contributed by atoms with Crippen LogP contribution in [-0.2, 0) is 6.54 Å². The van der Waals surface area contributed by atoms with E-state index < -0.39 is 0 Å². The Labute approximate surface area is 130 Å². The third-order valence-electron chi connectivity index (χ3n) is 3.87. The van der Waals surface area contributed by atoms with Gasteiger partial charge in [0.1, 0.15) is 6.33 Å². The Morgan fingerprint density at radius 3 is 2.64 bits per heavy atom. The Kier molecular flexibility index (Phi) is 4.73. The number of nitrogens with zero attached hydrogens (tertiary/aromatic N) is 2. The zero-order valence-corrected chi connectivity index (χ0v) is 12.8. The SMILES string of the molecule is COc1ccc(NCc2cncnc2)cc1OC1CCCC1. The van der Waals surface area contributed by atoms with Crippen LogP contribution in [0.4, 0.5) is 5.69 Å². The van der Waals surface area contributed by atoms with E-state index in [-0.39, 0.29) is 0 Å². The van der Waals surface area contributed by atoms with Crippen molar-refractivity contribution in [2.24, 2.45) is 0 Å². The fourth-order valence-corrected chi connectivity index (χ4v) is 2.69. The lowest BCUT2D eigenvalue weighted by atomic mass is 10.2. The van der Waals surface area contributed by atoms with Crippen molar-refractivity contribution in [1.29, 1.82) is 0 Å². The lowest BCUT2D eigenvalue weighted by Crippen LogP contribution is -2.12. The van der Waals surface area contributed by atoms with Crippen molar-refractivity contribution in [2.75, 3.05) is 12.4 Å². The maximum Gasteiger partial charge on any atom is 0.163 e. The van der Waals surface area contributed by atoms with E-state index in [2.05, 4.69) is 15.3 Å². The highest BCUT2D eigenvalue weighted by molar-refractivity contribution is 5.55. The number of hydrogen-bond donors (Lipinski definition) is 1. The van der Waals surface area contributed by atoms with Crippen molar-refractivity contribution >= 4 is 5.69 Å². The zero-order valence-electron chi connectivity index (χ0n) is 12.8. The van der Waals surface area contributed by atoms with E-state index in [9.17, 15) is 0 Å². The fraction of sp³-hybridized carbons (Fsp3) is 0.412. The Morgan fingerprint density at radius 1 is 1.14 bits per heavy atom. The molecule has 0 bridgehead atoms. The molecule has 22 heavy (non-hydrogen) atoms. The molecule has 1 heterocycles. The van der Waals surface area contributed by atoms with Gasteiger partial charge in [-0.1, -0.05) is 0 Å². The highest BCUT2D eigenvalue weighted by Gasteiger charge is 2.18. The second kappa shape index (κ2) is 7.11. The average Bonchev–Trinajstić information content (AvgIpc) is 3.07. The molecule has 1 N–H and O–H groups in total. The number of rotatable bonds is 6. The van der Waals surface area contributed by atoms with E-state index in [0.29, 0.717) is 12.6 Å². The fourth-order valence-electron chi connectivity index (χ4n) is 2.69. The largest absolute Gasteiger partial charge is 0.493 e. The standard InChI is InChI=1S/C17H21N3O2/c1-21-16-7-6-14(20-11-13-9-18-12-19-10-13)8-17(16)22-15-4-2-3-5-15/h6-10,12,15,20H,2-5,11H2,1H3. The monoisotopic (exact) mass is 299 g/mol. The molecule has 5 nitrogen and oxygen atoms in total. The first kappa shape index (κ1) is 14.6. The summed E-state index contributed by atoms with van der Waals surface area (Å²) in [5.74, 6) is 1.59. The first-order valence-corrected chi connectivity index (χ1v) is 7.67. The van der Waals surface area contributed by atoms with Gasteiger partial charge in [0.05, 0.1) is 13.2 Å². The van der Waals surface area contributed by atoms with Crippen molar-refractivity contribution in [3.8, 4) is 11.5 Å². The van der Waals surface area contributed by atoms with Gasteiger partial charge in [-0.2, -0.15) is 0 Å². The van der Waals surface area contributed by atoms with Gasteiger partial charge in [0.2, 0.25) is 0 Å². The van der Waals surface area contributed by atoms with E-state index in [0.717, 1.165) is 35.6 Å². The van der Waals surface area contributed by atoms with Crippen LogP contribution in [0.25, 0.3) is 0 Å². The smallest absolute Gasteiger partial charge is 0.163 e. The molecule has 1 aliphatic carbocycles. The van der Waals surface area contributed by atoms with Crippen LogP contribution in [0.3, 0.4) is 0 Å². The quantitative estimate of drug-likeness (QED) is 0.885. The Bertz CT molecular complexity index is 598. The molecule has 0 aliphatic heterocycles. The van der Waals surface area contributed by atoms with Crippen LogP contribution in [0.5, 0.6) is 11.5 Å². The molecule has 1 aliphatic rings. The van der Waals surface area contributed by atoms with Crippen LogP contribution in [0.15, 0.2) is 36.9 Å². The Hall–Kier alpha value is -2.30. The number of aromatic nitrogens is 2. The molecule has 0 spiro atoms. The third-order valence-corrected chi connectivity index (χ3v) is 3.87. The van der Waals surface area contributed by atoms with Gasteiger partial charge in [0.15, 0.2) is 11.5 Å². The van der Waals surface area contributed by atoms with Crippen molar-refractivity contribution in [3.05, 3.63) is 42.5 Å². The molecular weight excluding hydrogens is 278 g/mol. The van der Waals surface area contributed by atoms with Gasteiger partial charge in [0.25, 0.3) is 0 Å². The Balaban J connectivity index is 1.69. The lowest BCUT2D eigenvalue weighted by molar-refractivity contribution is 0.201. The molecule has 1 saturated carbocycles. The first-order chi connectivity index (χ1) is 10.8. The van der Waals surface area contributed by atoms with Gasteiger partial charge >= 0.3 is 0 Å². The summed E-state index contributed by atoms with van der Waals surface area (Å²) < 4.78 is 11.5. The Morgan fingerprint density at radius 2 is 1.91 bits per heavy atom. The van der Waals surface area contributed by atoms with Crippen LogP contribution in [0.2, 0.25) is 0 Å². The van der Waals surface area contributed by atoms with Crippen molar-refractivity contribution < 1.29 is 9.47 Å². The predicted octanol–water partition coefficient (Wildman–Crippen LogP) is 3.42. The minimum absolute atomic E-state index is 0.312. The second-order valence-corrected chi connectivity index (χ2v) is 5.49. The van der Waals surface area contributed by atoms with E-state index in [4.69, 9.17) is 9.47 Å². The minimum Gasteiger partial charge on any atom is -0.493 e. The number of ether oxygens (including phenoxy) is 2. The normalized spacial score (nSPS) is 14.8. The number of nitrogens with one attached hydrogen (secondary N) is 1. The maximum atomic E-state index is 6.10. The molecule has 1 aromatic heterocycles. The molecule has 1 aromatic carbocycles. The lowest BCUT2D eigenvalue weighted by Gasteiger charge is -2.17. The highest BCUT2D eigenvalue weighted by atomic mass is 16.5. The van der Waals surface area contributed by atoms with Crippen LogP contribution < -0.4 is 14.8 Å². The minimum atomic E-state index is 0.312. The number of benzene rings is 1. The number of methoxy groups -OCH3 is 1. The van der Waals surface area contributed by atoms with Crippen molar-refractivity contribution in [3.63, 3.8) is 0 Å². The molecule has 5 heteroatoms. The maximum absolute atomic E-state index is 6.10. The number of hydrogen-bond acceptors (Lipinski definition) is 5. The molecule has 0 saturated heterocycles. The zero-order chi connectivity index (χ0) is 15.2. The molecule has 0 amide bonds. The van der Waals surface area contributed by atoms with Gasteiger partial charge in [-0.05, 0) is 37.8 Å². The second-order valence-electron chi connectivity index (χ2n) is 5.49. The molecule has 1 fully saturated rings. The summed E-state index contributed by atoms with van der Waals surface area (Å²) in [5, 5.41) is 3.36. The highest BCUT2D eigenvalue weighted by Crippen LogP contribution is 2.33. The predicted molar refractivity (Wildman–Crippen MR) is 85.2 cm³/mol. The van der Waals surface area contributed by atoms with Crippen LogP contribution in [0, 0.1) is 0 Å². The number of anilines is 1. The molecular formula is C17H21N3O2. The topological polar surface area (TPSA) is 56.3 Å². The molecule has 0 radical (unpaired) electrons. The van der Waals surface area contributed by atoms with E-state index in [1.807, 2.05) is 18.2 Å². The summed E-state index contributed by atoms with van der Waals surface area (Å²) in [6.07, 6.45) is 10.2. The van der Waals surface area contributed by atoms with Crippen molar-refractivity contribution in [2.45, 2.75) is 38.3 Å². The van der Waals surface area contributed by atoms with Gasteiger partial charge in [-0.25, -0.2) is 9.97 Å². The van der Waals surface area contributed by atoms with Crippen molar-refractivity contribution in [1.82, 2.24) is 9.97 Å². The van der Waals surface area contributed by atoms with Gasteiger partial charge in [-0.3, -0.25) is 0 Å². The van der Waals surface area contributed by atoms with E-state index in [1.165, 1.54) is 19.2 Å². The van der Waals surface area contributed by atoms with Gasteiger partial charge < -0.3 is 14.8 Å². The summed E-state index contributed by atoms with van der Waals surface area (Å²) >= 11 is 0. The first-order valence-electron chi connectivity index (χ1n) is 7.67. The van der Waals surface area contributed by atoms with Gasteiger partial charge in [0, 0.05) is 36.3 Å². The summed E-state index contributed by atoms with van der Waals surface area (Å²) in [7, 11) is 1.67. The third kappa shape index (κ3) is 3.67. The summed E-state index contributed by atoms with van der Waals surface area (Å²) in [6.45, 7) is 0.677. The molecule has 0 atom stereocenters. The van der Waals surface area contributed by atoms with Crippen LogP contribution in [0.1, 0.15) is 31.2 Å². The van der Waals surface area contributed by atoms with Crippen LogP contribution in [-0.4, -0.2) is 23.2 Å². The molecule has 116 valence electrons. The van der Waals surface area contributed by atoms with E-state index in [1.54, 1.807) is 19.5 Å². The molecule has 2 aromatic rings. The molecule has 3 rings (SSSR count). The average molecular weight is 299 g/mol. The summed E-state index contributed by atoms with van der Waals surface area (Å²) in [4.78, 5) is 8.03. The van der Waals surface area contributed by atoms with E-state index >= 15 is 0 Å². The summed E-state index contributed by atoms with van der Waals surface area (Å²) in [6, 6.07) is 5.93. The molecule has 0 unspecified atom stereocenters.